The van der Waals surface area contributed by atoms with Gasteiger partial charge in [0.2, 0.25) is 5.91 Å². The van der Waals surface area contributed by atoms with Gasteiger partial charge in [-0.05, 0) is 54.1 Å². The van der Waals surface area contributed by atoms with Gasteiger partial charge in [0.25, 0.3) is 5.91 Å². The van der Waals surface area contributed by atoms with Crippen molar-refractivity contribution in [2.45, 2.75) is 11.3 Å². The van der Waals surface area contributed by atoms with Gasteiger partial charge in [-0.15, -0.1) is 11.6 Å². The molecule has 4 nitrogen and oxygen atoms in total. The van der Waals surface area contributed by atoms with Gasteiger partial charge in [0.1, 0.15) is 11.6 Å². The van der Waals surface area contributed by atoms with Crippen molar-refractivity contribution in [2.24, 2.45) is 5.92 Å². The highest BCUT2D eigenvalue weighted by Gasteiger charge is 2.54. The Morgan fingerprint density at radius 3 is 2.21 bits per heavy atom. The molecular weight excluding hydrogens is 516 g/mol. The number of rotatable bonds is 5. The molecule has 170 valence electrons. The minimum absolute atomic E-state index is 0.00501. The molecule has 0 aromatic heterocycles. The summed E-state index contributed by atoms with van der Waals surface area (Å²) in [6.45, 7) is 0. The van der Waals surface area contributed by atoms with Crippen LogP contribution in [-0.2, 0) is 4.79 Å². The fourth-order valence-corrected chi connectivity index (χ4v) is 4.76. The molecule has 3 aromatic carbocycles. The third kappa shape index (κ3) is 5.25. The Kier molecular flexibility index (Phi) is 6.82. The predicted molar refractivity (Wildman–Crippen MR) is 127 cm³/mol. The van der Waals surface area contributed by atoms with Crippen LogP contribution in [0.1, 0.15) is 21.8 Å². The Morgan fingerprint density at radius 1 is 0.848 bits per heavy atom. The summed E-state index contributed by atoms with van der Waals surface area (Å²) in [6.07, 6.45) is 0. The summed E-state index contributed by atoms with van der Waals surface area (Å²) in [5.41, 5.74) is 0.838. The lowest BCUT2D eigenvalue weighted by Gasteiger charge is -2.11. The van der Waals surface area contributed by atoms with Gasteiger partial charge in [0.15, 0.2) is 0 Å². The molecule has 2 amide bonds. The summed E-state index contributed by atoms with van der Waals surface area (Å²) >= 11 is 24.6. The molecule has 1 saturated carbocycles. The minimum Gasteiger partial charge on any atom is -0.326 e. The van der Waals surface area contributed by atoms with Crippen LogP contribution in [0.5, 0.6) is 0 Å². The molecule has 0 spiro atoms. The first-order valence-electron chi connectivity index (χ1n) is 9.61. The van der Waals surface area contributed by atoms with Crippen LogP contribution in [0.3, 0.4) is 0 Å². The Morgan fingerprint density at radius 2 is 1.55 bits per heavy atom. The van der Waals surface area contributed by atoms with E-state index in [9.17, 15) is 18.4 Å². The topological polar surface area (TPSA) is 58.2 Å². The largest absolute Gasteiger partial charge is 0.326 e. The number of nitrogens with one attached hydrogen (secondary N) is 2. The summed E-state index contributed by atoms with van der Waals surface area (Å²) in [7, 11) is 0. The molecule has 10 heteroatoms. The van der Waals surface area contributed by atoms with Gasteiger partial charge in [-0.1, -0.05) is 34.8 Å². The quantitative estimate of drug-likeness (QED) is 0.345. The van der Waals surface area contributed by atoms with Crippen LogP contribution in [0.15, 0.2) is 54.6 Å². The van der Waals surface area contributed by atoms with Crippen molar-refractivity contribution in [3.05, 3.63) is 92.4 Å². The number of alkyl halides is 1. The van der Waals surface area contributed by atoms with E-state index in [1.54, 1.807) is 18.2 Å². The number of benzene rings is 3. The predicted octanol–water partition coefficient (Wildman–Crippen LogP) is 7.14. The van der Waals surface area contributed by atoms with Crippen LogP contribution >= 0.6 is 46.4 Å². The van der Waals surface area contributed by atoms with Crippen LogP contribution in [-0.4, -0.2) is 17.2 Å². The van der Waals surface area contributed by atoms with Crippen LogP contribution in [0.4, 0.5) is 20.2 Å². The molecule has 4 rings (SSSR count). The number of carbonyl (C=O) groups excluding carboxylic acids is 2. The standard InChI is InChI=1S/C23H14Cl4F2N2O2/c24-11-5-10(6-12(25)7-11)19-20(21(19)27)23(33)30-14-2-3-16(26)15(9-14)22(32)31-18-4-1-13(28)8-17(18)29/h1-9,19-21H,(H,30,33)(H,31,32)/t19?,20?,21-/m1/s1. The maximum absolute atomic E-state index is 13.9. The number of hydrogen-bond donors (Lipinski definition) is 2. The molecule has 1 aliphatic rings. The third-order valence-corrected chi connectivity index (χ3v) is 6.47. The maximum atomic E-state index is 13.9. The van der Waals surface area contributed by atoms with E-state index in [0.717, 1.165) is 17.7 Å². The van der Waals surface area contributed by atoms with Crippen molar-refractivity contribution in [3.63, 3.8) is 0 Å². The first-order chi connectivity index (χ1) is 15.6. The normalized spacial score (nSPS) is 19.2. The number of hydrogen-bond acceptors (Lipinski definition) is 2. The van der Waals surface area contributed by atoms with Gasteiger partial charge < -0.3 is 10.6 Å². The monoisotopic (exact) mass is 528 g/mol. The molecule has 0 saturated heterocycles. The molecule has 0 bridgehead atoms. The van der Waals surface area contributed by atoms with E-state index in [1.165, 1.54) is 18.2 Å². The van der Waals surface area contributed by atoms with E-state index < -0.39 is 28.8 Å². The van der Waals surface area contributed by atoms with Crippen molar-refractivity contribution >= 4 is 69.6 Å². The average Bonchev–Trinajstić information content (AvgIpc) is 3.42. The Labute approximate surface area is 207 Å². The van der Waals surface area contributed by atoms with Gasteiger partial charge in [-0.3, -0.25) is 9.59 Å². The summed E-state index contributed by atoms with van der Waals surface area (Å²) in [5.74, 6) is -3.58. The summed E-state index contributed by atoms with van der Waals surface area (Å²) < 4.78 is 26.9. The number of anilines is 2. The highest BCUT2D eigenvalue weighted by atomic mass is 35.5. The molecule has 0 aliphatic heterocycles. The first-order valence-corrected chi connectivity index (χ1v) is 11.2. The molecule has 0 heterocycles. The second-order valence-electron chi connectivity index (χ2n) is 7.46. The summed E-state index contributed by atoms with van der Waals surface area (Å²) in [6, 6.07) is 12.1. The fourth-order valence-electron chi connectivity index (χ4n) is 3.52. The van der Waals surface area contributed by atoms with E-state index in [1.807, 2.05) is 0 Å². The Bertz CT molecular complexity index is 1250. The number of carbonyl (C=O) groups is 2. The molecule has 2 unspecified atom stereocenters. The van der Waals surface area contributed by atoms with E-state index in [2.05, 4.69) is 10.6 Å². The maximum Gasteiger partial charge on any atom is 0.257 e. The summed E-state index contributed by atoms with van der Waals surface area (Å²) in [4.78, 5) is 25.4. The number of amides is 2. The van der Waals surface area contributed by atoms with Gasteiger partial charge >= 0.3 is 0 Å². The van der Waals surface area contributed by atoms with E-state index >= 15 is 0 Å². The van der Waals surface area contributed by atoms with Crippen LogP contribution in [0.2, 0.25) is 15.1 Å². The zero-order valence-electron chi connectivity index (χ0n) is 16.5. The second-order valence-corrected chi connectivity index (χ2v) is 9.24. The Balaban J connectivity index is 1.48. The molecule has 3 aromatic rings. The van der Waals surface area contributed by atoms with Crippen molar-refractivity contribution in [3.8, 4) is 0 Å². The third-order valence-electron chi connectivity index (χ3n) is 5.16. The molecular formula is C23H14Cl4F2N2O2. The van der Waals surface area contributed by atoms with Crippen molar-refractivity contribution in [2.75, 3.05) is 10.6 Å². The molecule has 1 aliphatic carbocycles. The van der Waals surface area contributed by atoms with Crippen LogP contribution in [0, 0.1) is 17.6 Å². The zero-order valence-corrected chi connectivity index (χ0v) is 19.5. The van der Waals surface area contributed by atoms with Crippen molar-refractivity contribution in [1.82, 2.24) is 0 Å². The molecule has 1 fully saturated rings. The van der Waals surface area contributed by atoms with Gasteiger partial charge in [0, 0.05) is 27.7 Å². The smallest absolute Gasteiger partial charge is 0.257 e. The minimum atomic E-state index is -0.932. The lowest BCUT2D eigenvalue weighted by molar-refractivity contribution is -0.117. The van der Waals surface area contributed by atoms with Gasteiger partial charge in [0.05, 0.1) is 27.6 Å². The van der Waals surface area contributed by atoms with E-state index in [-0.39, 0.29) is 28.1 Å². The molecule has 2 N–H and O–H groups in total. The lowest BCUT2D eigenvalue weighted by Crippen LogP contribution is -2.17. The van der Waals surface area contributed by atoms with Crippen LogP contribution < -0.4 is 10.6 Å². The summed E-state index contributed by atoms with van der Waals surface area (Å²) in [5, 5.41) is 5.57. The lowest BCUT2D eigenvalue weighted by atomic mass is 10.1. The van der Waals surface area contributed by atoms with Crippen molar-refractivity contribution < 1.29 is 18.4 Å². The van der Waals surface area contributed by atoms with E-state index in [0.29, 0.717) is 21.8 Å². The first kappa shape index (κ1) is 23.8. The highest BCUT2D eigenvalue weighted by molar-refractivity contribution is 6.35. The highest BCUT2D eigenvalue weighted by Crippen LogP contribution is 2.53. The second kappa shape index (κ2) is 9.47. The Hall–Kier alpha value is -2.38. The van der Waals surface area contributed by atoms with E-state index in [4.69, 9.17) is 46.4 Å². The van der Waals surface area contributed by atoms with Crippen molar-refractivity contribution in [1.29, 1.82) is 0 Å². The SMILES string of the molecule is O=C(Nc1ccc(F)cc1F)c1cc(NC(=O)C2C(c3cc(Cl)cc(Cl)c3)[C@H]2Cl)ccc1Cl. The number of halogens is 6. The molecule has 33 heavy (non-hydrogen) atoms. The fraction of sp³-hybridized carbons (Fsp3) is 0.130. The van der Waals surface area contributed by atoms with Crippen LogP contribution in [0.25, 0.3) is 0 Å². The van der Waals surface area contributed by atoms with Gasteiger partial charge in [-0.25, -0.2) is 8.78 Å². The van der Waals surface area contributed by atoms with Gasteiger partial charge in [-0.2, -0.15) is 0 Å². The average molecular weight is 530 g/mol. The zero-order chi connectivity index (χ0) is 23.9. The molecule has 0 radical (unpaired) electrons. The molecule has 3 atom stereocenters.